The molecule has 1 atom stereocenters. The Labute approximate surface area is 173 Å². The fourth-order valence-corrected chi connectivity index (χ4v) is 4.16. The molecule has 1 unspecified atom stereocenters. The number of carbonyl (C=O) groups is 1. The van der Waals surface area contributed by atoms with E-state index in [1.165, 1.54) is 0 Å². The van der Waals surface area contributed by atoms with E-state index in [0.29, 0.717) is 16.1 Å². The van der Waals surface area contributed by atoms with Crippen LogP contribution in [0.2, 0.25) is 10.0 Å². The van der Waals surface area contributed by atoms with Gasteiger partial charge < -0.3 is 14.6 Å². The minimum Gasteiger partial charge on any atom is -0.423 e. The average Bonchev–Trinajstić information content (AvgIpc) is 3.12. The van der Waals surface area contributed by atoms with Crippen molar-refractivity contribution in [1.82, 2.24) is 10.3 Å². The maximum absolute atomic E-state index is 12.7. The molecule has 7 heteroatoms. The molecule has 1 N–H and O–H groups in total. The van der Waals surface area contributed by atoms with Gasteiger partial charge in [0.2, 0.25) is 5.91 Å². The van der Waals surface area contributed by atoms with E-state index in [4.69, 9.17) is 27.6 Å². The highest BCUT2D eigenvalue weighted by molar-refractivity contribution is 6.35. The van der Waals surface area contributed by atoms with Crippen LogP contribution < -0.4 is 10.2 Å². The van der Waals surface area contributed by atoms with Crippen molar-refractivity contribution >= 4 is 46.2 Å². The van der Waals surface area contributed by atoms with Crippen molar-refractivity contribution in [3.63, 3.8) is 0 Å². The van der Waals surface area contributed by atoms with Crippen LogP contribution >= 0.6 is 23.2 Å². The van der Waals surface area contributed by atoms with Gasteiger partial charge in [0.1, 0.15) is 5.52 Å². The molecule has 1 saturated heterocycles. The summed E-state index contributed by atoms with van der Waals surface area (Å²) in [5.74, 6) is 0.0184. The predicted octanol–water partition coefficient (Wildman–Crippen LogP) is 5.23. The number of nitrogens with zero attached hydrogens (tertiary/aromatic N) is 2. The van der Waals surface area contributed by atoms with Crippen LogP contribution in [0.5, 0.6) is 0 Å². The summed E-state index contributed by atoms with van der Waals surface area (Å²) in [6, 6.07) is 13.5. The third kappa shape index (κ3) is 3.96. The zero-order valence-corrected chi connectivity index (χ0v) is 17.0. The van der Waals surface area contributed by atoms with Crippen LogP contribution in [0, 0.1) is 5.92 Å². The van der Waals surface area contributed by atoms with E-state index in [1.807, 2.05) is 37.3 Å². The molecular weight excluding hydrogens is 397 g/mol. The number of amides is 1. The van der Waals surface area contributed by atoms with Crippen molar-refractivity contribution in [2.24, 2.45) is 5.92 Å². The van der Waals surface area contributed by atoms with Crippen LogP contribution in [-0.2, 0) is 4.79 Å². The molecular formula is C21H21Cl2N3O2. The van der Waals surface area contributed by atoms with E-state index in [1.54, 1.807) is 12.1 Å². The maximum atomic E-state index is 12.7. The standard InChI is InChI=1S/C21H21Cl2N3O2/c1-13(16-7-6-15(22)12-17(16)23)24-20(27)14-8-10-26(11-9-14)21-25-18-4-2-3-5-19(18)28-21/h2-7,12-14H,8-11H2,1H3,(H,24,27). The van der Waals surface area contributed by atoms with Gasteiger partial charge in [-0.25, -0.2) is 0 Å². The van der Waals surface area contributed by atoms with Gasteiger partial charge in [-0.05, 0) is 49.6 Å². The fraction of sp³-hybridized carbons (Fsp3) is 0.333. The number of hydrogen-bond acceptors (Lipinski definition) is 4. The van der Waals surface area contributed by atoms with Crippen LogP contribution in [0.25, 0.3) is 11.1 Å². The van der Waals surface area contributed by atoms with Gasteiger partial charge in [0.05, 0.1) is 6.04 Å². The highest BCUT2D eigenvalue weighted by Gasteiger charge is 2.28. The summed E-state index contributed by atoms with van der Waals surface area (Å²) in [4.78, 5) is 19.4. The Balaban J connectivity index is 1.35. The van der Waals surface area contributed by atoms with E-state index >= 15 is 0 Å². The summed E-state index contributed by atoms with van der Waals surface area (Å²) in [6.45, 7) is 3.41. The van der Waals surface area contributed by atoms with Gasteiger partial charge in [-0.15, -0.1) is 0 Å². The highest BCUT2D eigenvalue weighted by Crippen LogP contribution is 2.29. The summed E-state index contributed by atoms with van der Waals surface area (Å²) in [6.07, 6.45) is 1.51. The number of oxazole rings is 1. The number of fused-ring (bicyclic) bond motifs is 1. The van der Waals surface area contributed by atoms with Crippen LogP contribution in [0.4, 0.5) is 6.01 Å². The molecule has 3 aromatic rings. The van der Waals surface area contributed by atoms with Crippen molar-refractivity contribution in [1.29, 1.82) is 0 Å². The van der Waals surface area contributed by atoms with Crippen molar-refractivity contribution in [3.8, 4) is 0 Å². The van der Waals surface area contributed by atoms with Crippen LogP contribution in [-0.4, -0.2) is 24.0 Å². The van der Waals surface area contributed by atoms with Crippen LogP contribution in [0.1, 0.15) is 31.4 Å². The smallest absolute Gasteiger partial charge is 0.298 e. The normalized spacial score (nSPS) is 16.3. The van der Waals surface area contributed by atoms with Crippen molar-refractivity contribution in [2.75, 3.05) is 18.0 Å². The second-order valence-corrected chi connectivity index (χ2v) is 7.97. The Bertz CT molecular complexity index is 963. The Kier molecular flexibility index (Phi) is 5.47. The first kappa shape index (κ1) is 19.1. The zero-order chi connectivity index (χ0) is 19.7. The lowest BCUT2D eigenvalue weighted by Crippen LogP contribution is -2.41. The first-order chi connectivity index (χ1) is 13.5. The molecule has 0 radical (unpaired) electrons. The molecule has 0 bridgehead atoms. The lowest BCUT2D eigenvalue weighted by atomic mass is 9.95. The Morgan fingerprint density at radius 3 is 2.68 bits per heavy atom. The number of aromatic nitrogens is 1. The Hall–Kier alpha value is -2.24. The Morgan fingerprint density at radius 1 is 1.21 bits per heavy atom. The van der Waals surface area contributed by atoms with Crippen molar-refractivity contribution in [3.05, 3.63) is 58.1 Å². The molecule has 0 aliphatic carbocycles. The molecule has 1 amide bonds. The summed E-state index contributed by atoms with van der Waals surface area (Å²) in [5, 5.41) is 4.22. The van der Waals surface area contributed by atoms with E-state index in [0.717, 1.165) is 42.6 Å². The summed E-state index contributed by atoms with van der Waals surface area (Å²) in [5.41, 5.74) is 2.50. The van der Waals surface area contributed by atoms with Gasteiger partial charge in [0, 0.05) is 29.1 Å². The molecule has 146 valence electrons. The van der Waals surface area contributed by atoms with Crippen LogP contribution in [0.3, 0.4) is 0 Å². The number of halogens is 2. The number of piperidine rings is 1. The molecule has 28 heavy (non-hydrogen) atoms. The van der Waals surface area contributed by atoms with E-state index in [2.05, 4.69) is 15.2 Å². The SMILES string of the molecule is CC(NC(=O)C1CCN(c2nc3ccccc3o2)CC1)c1ccc(Cl)cc1Cl. The van der Waals surface area contributed by atoms with Crippen LogP contribution in [0.15, 0.2) is 46.9 Å². The van der Waals surface area contributed by atoms with Crippen molar-refractivity contribution < 1.29 is 9.21 Å². The molecule has 5 nitrogen and oxygen atoms in total. The first-order valence-corrected chi connectivity index (χ1v) is 10.1. The third-order valence-electron chi connectivity index (χ3n) is 5.21. The first-order valence-electron chi connectivity index (χ1n) is 9.37. The van der Waals surface area contributed by atoms with Crippen molar-refractivity contribution in [2.45, 2.75) is 25.8 Å². The van der Waals surface area contributed by atoms with E-state index in [9.17, 15) is 4.79 Å². The predicted molar refractivity (Wildman–Crippen MR) is 112 cm³/mol. The number of rotatable bonds is 4. The topological polar surface area (TPSA) is 58.4 Å². The molecule has 2 heterocycles. The molecule has 1 fully saturated rings. The summed E-state index contributed by atoms with van der Waals surface area (Å²) < 4.78 is 5.84. The molecule has 0 saturated carbocycles. The molecule has 4 rings (SSSR count). The van der Waals surface area contributed by atoms with Gasteiger partial charge >= 0.3 is 0 Å². The number of hydrogen-bond donors (Lipinski definition) is 1. The third-order valence-corrected chi connectivity index (χ3v) is 5.77. The molecule has 2 aromatic carbocycles. The van der Waals surface area contributed by atoms with Gasteiger partial charge in [-0.1, -0.05) is 41.4 Å². The number of anilines is 1. The van der Waals surface area contributed by atoms with E-state index in [-0.39, 0.29) is 17.9 Å². The molecule has 1 aliphatic rings. The Morgan fingerprint density at radius 2 is 1.96 bits per heavy atom. The lowest BCUT2D eigenvalue weighted by molar-refractivity contribution is -0.126. The van der Waals surface area contributed by atoms with Gasteiger partial charge in [-0.3, -0.25) is 4.79 Å². The molecule has 0 spiro atoms. The minimum atomic E-state index is -0.174. The quantitative estimate of drug-likeness (QED) is 0.631. The highest BCUT2D eigenvalue weighted by atomic mass is 35.5. The second kappa shape index (κ2) is 8.02. The summed E-state index contributed by atoms with van der Waals surface area (Å²) in [7, 11) is 0. The van der Waals surface area contributed by atoms with Gasteiger partial charge in [-0.2, -0.15) is 4.98 Å². The second-order valence-electron chi connectivity index (χ2n) is 7.12. The van der Waals surface area contributed by atoms with Gasteiger partial charge in [0.15, 0.2) is 5.58 Å². The monoisotopic (exact) mass is 417 g/mol. The lowest BCUT2D eigenvalue weighted by Gasteiger charge is -2.31. The molecule has 1 aliphatic heterocycles. The number of para-hydroxylation sites is 2. The largest absolute Gasteiger partial charge is 0.423 e. The number of carbonyl (C=O) groups excluding carboxylic acids is 1. The molecule has 1 aromatic heterocycles. The van der Waals surface area contributed by atoms with E-state index < -0.39 is 0 Å². The number of nitrogens with one attached hydrogen (secondary N) is 1. The maximum Gasteiger partial charge on any atom is 0.298 e. The van der Waals surface area contributed by atoms with Gasteiger partial charge in [0.25, 0.3) is 6.01 Å². The average molecular weight is 418 g/mol. The zero-order valence-electron chi connectivity index (χ0n) is 15.5. The minimum absolute atomic E-state index is 0.0332. The summed E-state index contributed by atoms with van der Waals surface area (Å²) >= 11 is 12.2. The fourth-order valence-electron chi connectivity index (χ4n) is 3.59. The number of benzene rings is 2.